The van der Waals surface area contributed by atoms with Gasteiger partial charge in [-0.15, -0.1) is 0 Å². The molecule has 4 heterocycles. The topological polar surface area (TPSA) is 84.4 Å². The molecule has 2 aromatic rings. The number of nitrogens with one attached hydrogen (secondary N) is 1. The smallest absolute Gasteiger partial charge is 0.233 e. The molecule has 3 fully saturated rings. The van der Waals surface area contributed by atoms with Crippen LogP contribution >= 0.6 is 0 Å². The molecule has 1 aliphatic carbocycles. The lowest BCUT2D eigenvalue weighted by molar-refractivity contribution is -0.142. The van der Waals surface area contributed by atoms with Crippen LogP contribution in [0.4, 0.5) is 4.39 Å². The molecule has 2 aromatic heterocycles. The number of carbonyl (C=O) groups excluding carboxylic acids is 2. The summed E-state index contributed by atoms with van der Waals surface area (Å²) in [6.07, 6.45) is 5.57. The summed E-state index contributed by atoms with van der Waals surface area (Å²) in [4.78, 5) is 35.4. The number of nitrogens with zero attached hydrogens (tertiary/aromatic N) is 3. The molecule has 34 heavy (non-hydrogen) atoms. The van der Waals surface area contributed by atoms with Crippen molar-refractivity contribution in [2.75, 3.05) is 19.6 Å². The molecule has 178 valence electrons. The third-order valence-corrected chi connectivity index (χ3v) is 7.33. The molecule has 0 aromatic carbocycles. The number of likely N-dealkylation sites (tertiary alicyclic amines) is 1. The van der Waals surface area contributed by atoms with E-state index in [2.05, 4.69) is 15.3 Å². The molecule has 2 saturated heterocycles. The molecule has 1 N–H and O–H groups in total. The van der Waals surface area contributed by atoms with Crippen molar-refractivity contribution >= 4 is 17.9 Å². The van der Waals surface area contributed by atoms with E-state index >= 15 is 0 Å². The summed E-state index contributed by atoms with van der Waals surface area (Å²) in [5.41, 5.74) is 3.51. The number of amides is 2. The van der Waals surface area contributed by atoms with Crippen molar-refractivity contribution in [3.63, 3.8) is 0 Å². The third-order valence-electron chi connectivity index (χ3n) is 7.33. The molecule has 3 atom stereocenters. The van der Waals surface area contributed by atoms with Crippen molar-refractivity contribution in [2.24, 2.45) is 17.3 Å². The number of pyridine rings is 2. The largest absolute Gasteiger partial charge is 0.473 e. The van der Waals surface area contributed by atoms with Gasteiger partial charge in [0.2, 0.25) is 17.7 Å². The first kappa shape index (κ1) is 22.7. The van der Waals surface area contributed by atoms with Gasteiger partial charge in [-0.05, 0) is 61.6 Å². The number of aromatic nitrogens is 2. The summed E-state index contributed by atoms with van der Waals surface area (Å²) in [5.74, 6) is -0.592. The van der Waals surface area contributed by atoms with Crippen LogP contribution in [-0.2, 0) is 9.59 Å². The van der Waals surface area contributed by atoms with E-state index in [1.165, 1.54) is 17.2 Å². The van der Waals surface area contributed by atoms with E-state index in [0.29, 0.717) is 17.1 Å². The fraction of sp³-hybridized carbons (Fsp3) is 0.462. The van der Waals surface area contributed by atoms with Gasteiger partial charge in [-0.25, -0.2) is 9.37 Å². The molecule has 3 aliphatic rings. The Bertz CT molecular complexity index is 1180. The van der Waals surface area contributed by atoms with Crippen LogP contribution in [0.3, 0.4) is 0 Å². The first-order valence-electron chi connectivity index (χ1n) is 11.7. The van der Waals surface area contributed by atoms with Gasteiger partial charge in [-0.2, -0.15) is 0 Å². The van der Waals surface area contributed by atoms with Crippen LogP contribution in [0, 0.1) is 30.0 Å². The minimum atomic E-state index is -0.441. The SMILES string of the molecule is C/C(=C\c1nccc(-c2cc(F)cnc2OC2CCNC2)c1C)CN1C(=O)C2C(C1=O)C2(C)C. The number of hydrogen-bond acceptors (Lipinski definition) is 6. The molecule has 0 bridgehead atoms. The van der Waals surface area contributed by atoms with Crippen molar-refractivity contribution in [3.05, 3.63) is 47.2 Å². The molecule has 0 radical (unpaired) electrons. The minimum absolute atomic E-state index is 0.00723. The Labute approximate surface area is 198 Å². The highest BCUT2D eigenvalue weighted by Crippen LogP contribution is 2.63. The van der Waals surface area contributed by atoms with Crippen molar-refractivity contribution in [1.82, 2.24) is 20.2 Å². The fourth-order valence-electron chi connectivity index (χ4n) is 5.28. The number of piperidine rings is 1. The van der Waals surface area contributed by atoms with Crippen molar-refractivity contribution in [1.29, 1.82) is 0 Å². The summed E-state index contributed by atoms with van der Waals surface area (Å²) in [5, 5.41) is 3.25. The van der Waals surface area contributed by atoms with Crippen LogP contribution in [0.1, 0.15) is 38.4 Å². The molecule has 2 amide bonds. The standard InChI is InChI=1S/C26H29FN4O3/c1-14(13-31-24(32)21-22(25(31)33)26(21,3)4)9-20-15(2)18(6-8-29-20)19-10-16(27)11-30-23(19)34-17-5-7-28-12-17/h6,8-11,17,21-22,28H,5,7,12-13H2,1-4H3/b14-9+. The number of carbonyl (C=O) groups is 2. The maximum Gasteiger partial charge on any atom is 0.233 e. The third kappa shape index (κ3) is 3.79. The van der Waals surface area contributed by atoms with Crippen molar-refractivity contribution in [2.45, 2.75) is 40.2 Å². The van der Waals surface area contributed by atoms with Crippen LogP contribution in [-0.4, -0.2) is 52.4 Å². The number of hydrogen-bond donors (Lipinski definition) is 1. The quantitative estimate of drug-likeness (QED) is 0.660. The number of rotatable bonds is 6. The lowest BCUT2D eigenvalue weighted by Gasteiger charge is -2.21. The second-order valence-electron chi connectivity index (χ2n) is 10.1. The molecular weight excluding hydrogens is 435 g/mol. The highest BCUT2D eigenvalue weighted by molar-refractivity contribution is 6.10. The predicted molar refractivity (Wildman–Crippen MR) is 125 cm³/mol. The van der Waals surface area contributed by atoms with Gasteiger partial charge in [-0.3, -0.25) is 19.5 Å². The van der Waals surface area contributed by atoms with Crippen LogP contribution in [0.15, 0.2) is 30.1 Å². The molecule has 8 heteroatoms. The summed E-state index contributed by atoms with van der Waals surface area (Å²) in [6.45, 7) is 9.60. The van der Waals surface area contributed by atoms with Gasteiger partial charge in [0.15, 0.2) is 0 Å². The first-order chi connectivity index (χ1) is 16.2. The molecule has 2 aliphatic heterocycles. The van der Waals surface area contributed by atoms with E-state index in [1.54, 1.807) is 6.20 Å². The van der Waals surface area contributed by atoms with E-state index in [0.717, 1.165) is 36.2 Å². The van der Waals surface area contributed by atoms with Crippen LogP contribution < -0.4 is 10.1 Å². The maximum absolute atomic E-state index is 14.2. The van der Waals surface area contributed by atoms with Crippen molar-refractivity contribution < 1.29 is 18.7 Å². The second-order valence-corrected chi connectivity index (χ2v) is 10.1. The zero-order valence-electron chi connectivity index (χ0n) is 19.9. The Morgan fingerprint density at radius 3 is 2.68 bits per heavy atom. The summed E-state index contributed by atoms with van der Waals surface area (Å²) < 4.78 is 20.2. The summed E-state index contributed by atoms with van der Waals surface area (Å²) in [6, 6.07) is 3.25. The van der Waals surface area contributed by atoms with Gasteiger partial charge in [0.1, 0.15) is 11.9 Å². The Kier molecular flexibility index (Phi) is 5.51. The maximum atomic E-state index is 14.2. The number of halogens is 1. The number of fused-ring (bicyclic) bond motifs is 1. The van der Waals surface area contributed by atoms with Gasteiger partial charge in [0, 0.05) is 24.8 Å². The highest BCUT2D eigenvalue weighted by Gasteiger charge is 2.72. The van der Waals surface area contributed by atoms with Gasteiger partial charge in [0.25, 0.3) is 0 Å². The van der Waals surface area contributed by atoms with Gasteiger partial charge in [0.05, 0.1) is 23.7 Å². The van der Waals surface area contributed by atoms with Gasteiger partial charge >= 0.3 is 0 Å². The van der Waals surface area contributed by atoms with Crippen LogP contribution in [0.25, 0.3) is 17.2 Å². The summed E-state index contributed by atoms with van der Waals surface area (Å²) >= 11 is 0. The molecule has 0 spiro atoms. The van der Waals surface area contributed by atoms with Crippen LogP contribution in [0.5, 0.6) is 5.88 Å². The molecule has 3 unspecified atom stereocenters. The Morgan fingerprint density at radius 1 is 1.26 bits per heavy atom. The average Bonchev–Trinajstić information content (AvgIpc) is 3.08. The summed E-state index contributed by atoms with van der Waals surface area (Å²) in [7, 11) is 0. The van der Waals surface area contributed by atoms with E-state index in [4.69, 9.17) is 4.74 Å². The number of ether oxygens (including phenoxy) is 1. The monoisotopic (exact) mass is 464 g/mol. The first-order valence-corrected chi connectivity index (χ1v) is 11.7. The fourth-order valence-corrected chi connectivity index (χ4v) is 5.28. The molecule has 7 nitrogen and oxygen atoms in total. The van der Waals surface area contributed by atoms with E-state index in [1.807, 2.05) is 39.8 Å². The van der Waals surface area contributed by atoms with Crippen LogP contribution in [0.2, 0.25) is 0 Å². The lowest BCUT2D eigenvalue weighted by Crippen LogP contribution is -2.37. The molecular formula is C26H29FN4O3. The second kappa shape index (κ2) is 8.27. The number of imide groups is 1. The van der Waals surface area contributed by atoms with E-state index < -0.39 is 5.82 Å². The molecule has 1 saturated carbocycles. The zero-order chi connectivity index (χ0) is 24.2. The highest BCUT2D eigenvalue weighted by atomic mass is 19.1. The lowest BCUT2D eigenvalue weighted by atomic mass is 9.99. The van der Waals surface area contributed by atoms with E-state index in [9.17, 15) is 14.0 Å². The normalized spacial score (nSPS) is 25.6. The van der Waals surface area contributed by atoms with Gasteiger partial charge < -0.3 is 10.1 Å². The zero-order valence-corrected chi connectivity index (χ0v) is 19.9. The Balaban J connectivity index is 1.40. The minimum Gasteiger partial charge on any atom is -0.473 e. The average molecular weight is 465 g/mol. The van der Waals surface area contributed by atoms with Crippen molar-refractivity contribution in [3.8, 4) is 17.0 Å². The van der Waals surface area contributed by atoms with Gasteiger partial charge in [-0.1, -0.05) is 19.4 Å². The Hall–Kier alpha value is -3.13. The molecule has 5 rings (SSSR count). The Morgan fingerprint density at radius 2 is 2.00 bits per heavy atom. The van der Waals surface area contributed by atoms with E-state index in [-0.39, 0.29) is 41.7 Å². The predicted octanol–water partition coefficient (Wildman–Crippen LogP) is 3.38.